The summed E-state index contributed by atoms with van der Waals surface area (Å²) in [5.74, 6) is -0.212. The standard InChI is InChI=1S/C15H19N3O2/c1-18(2)15(20)10-17-14(19)8-7-11-9-16-13-6-4-3-5-12(11)13/h3-6,9,16H,7-8,10H2,1-2H3,(H,17,19). The van der Waals surface area contributed by atoms with Gasteiger partial charge < -0.3 is 15.2 Å². The summed E-state index contributed by atoms with van der Waals surface area (Å²) >= 11 is 0. The summed E-state index contributed by atoms with van der Waals surface area (Å²) in [5.41, 5.74) is 2.19. The molecular formula is C15H19N3O2. The third-order valence-corrected chi connectivity index (χ3v) is 3.23. The topological polar surface area (TPSA) is 65.2 Å². The molecule has 0 aliphatic rings. The summed E-state index contributed by atoms with van der Waals surface area (Å²) in [6.07, 6.45) is 2.97. The lowest BCUT2D eigenvalue weighted by Crippen LogP contribution is -2.36. The molecule has 0 fully saturated rings. The molecular weight excluding hydrogens is 254 g/mol. The van der Waals surface area contributed by atoms with Gasteiger partial charge in [-0.05, 0) is 18.1 Å². The van der Waals surface area contributed by atoms with E-state index in [1.807, 2.05) is 30.5 Å². The maximum atomic E-state index is 11.7. The van der Waals surface area contributed by atoms with Crippen LogP contribution in [0.25, 0.3) is 10.9 Å². The number of likely N-dealkylation sites (N-methyl/N-ethyl adjacent to an activating group) is 1. The minimum Gasteiger partial charge on any atom is -0.361 e. The highest BCUT2D eigenvalue weighted by atomic mass is 16.2. The van der Waals surface area contributed by atoms with Crippen LogP contribution in [0.1, 0.15) is 12.0 Å². The van der Waals surface area contributed by atoms with Gasteiger partial charge in [-0.25, -0.2) is 0 Å². The first-order chi connectivity index (χ1) is 9.58. The first-order valence-electron chi connectivity index (χ1n) is 6.60. The number of H-pyrrole nitrogens is 1. The number of aromatic amines is 1. The lowest BCUT2D eigenvalue weighted by Gasteiger charge is -2.10. The molecule has 0 saturated heterocycles. The van der Waals surface area contributed by atoms with Gasteiger partial charge in [-0.15, -0.1) is 0 Å². The Balaban J connectivity index is 1.86. The number of para-hydroxylation sites is 1. The van der Waals surface area contributed by atoms with Crippen molar-refractivity contribution in [2.24, 2.45) is 0 Å². The summed E-state index contributed by atoms with van der Waals surface area (Å²) < 4.78 is 0. The van der Waals surface area contributed by atoms with E-state index in [-0.39, 0.29) is 18.4 Å². The smallest absolute Gasteiger partial charge is 0.241 e. The predicted octanol–water partition coefficient (Wildman–Crippen LogP) is 1.30. The molecule has 0 spiro atoms. The lowest BCUT2D eigenvalue weighted by atomic mass is 10.1. The number of amides is 2. The van der Waals surface area contributed by atoms with Gasteiger partial charge in [0.2, 0.25) is 11.8 Å². The van der Waals surface area contributed by atoms with Crippen LogP contribution < -0.4 is 5.32 Å². The molecule has 2 N–H and O–H groups in total. The van der Waals surface area contributed by atoms with Crippen LogP contribution in [0.5, 0.6) is 0 Å². The van der Waals surface area contributed by atoms with Gasteiger partial charge in [0.15, 0.2) is 0 Å². The number of rotatable bonds is 5. The molecule has 1 heterocycles. The summed E-state index contributed by atoms with van der Waals surface area (Å²) in [6, 6.07) is 8.00. The maximum Gasteiger partial charge on any atom is 0.241 e. The monoisotopic (exact) mass is 273 g/mol. The number of aromatic nitrogens is 1. The Bertz CT molecular complexity index is 616. The van der Waals surface area contributed by atoms with E-state index >= 15 is 0 Å². The Kier molecular flexibility index (Phi) is 4.40. The number of fused-ring (bicyclic) bond motifs is 1. The van der Waals surface area contributed by atoms with Gasteiger partial charge in [-0.3, -0.25) is 9.59 Å². The summed E-state index contributed by atoms with van der Waals surface area (Å²) in [5, 5.41) is 3.78. The van der Waals surface area contributed by atoms with Crippen molar-refractivity contribution in [3.8, 4) is 0 Å². The van der Waals surface area contributed by atoms with Crippen LogP contribution >= 0.6 is 0 Å². The molecule has 1 aromatic carbocycles. The number of nitrogens with zero attached hydrogens (tertiary/aromatic N) is 1. The second kappa shape index (κ2) is 6.23. The Morgan fingerprint density at radius 3 is 2.75 bits per heavy atom. The molecule has 0 unspecified atom stereocenters. The normalized spacial score (nSPS) is 10.5. The molecule has 1 aromatic heterocycles. The fourth-order valence-electron chi connectivity index (χ4n) is 2.01. The zero-order chi connectivity index (χ0) is 14.5. The number of hydrogen-bond acceptors (Lipinski definition) is 2. The fraction of sp³-hybridized carbons (Fsp3) is 0.333. The van der Waals surface area contributed by atoms with Crippen LogP contribution in [0.4, 0.5) is 0 Å². The lowest BCUT2D eigenvalue weighted by molar-refractivity contribution is -0.130. The van der Waals surface area contributed by atoms with Gasteiger partial charge in [0.05, 0.1) is 6.54 Å². The second-order valence-corrected chi connectivity index (χ2v) is 4.92. The van der Waals surface area contributed by atoms with Crippen molar-refractivity contribution in [1.29, 1.82) is 0 Å². The molecule has 2 amide bonds. The van der Waals surface area contributed by atoms with Gasteiger partial charge >= 0.3 is 0 Å². The molecule has 2 aromatic rings. The van der Waals surface area contributed by atoms with Crippen LogP contribution in [0.3, 0.4) is 0 Å². The second-order valence-electron chi connectivity index (χ2n) is 4.92. The molecule has 5 nitrogen and oxygen atoms in total. The number of aryl methyl sites for hydroxylation is 1. The van der Waals surface area contributed by atoms with Crippen molar-refractivity contribution in [2.45, 2.75) is 12.8 Å². The minimum absolute atomic E-state index is 0.0553. The largest absolute Gasteiger partial charge is 0.361 e. The molecule has 0 aliphatic carbocycles. The van der Waals surface area contributed by atoms with Crippen molar-refractivity contribution in [3.63, 3.8) is 0 Å². The quantitative estimate of drug-likeness (QED) is 0.862. The Morgan fingerprint density at radius 1 is 1.25 bits per heavy atom. The molecule has 0 bridgehead atoms. The van der Waals surface area contributed by atoms with Crippen LogP contribution in [0, 0.1) is 0 Å². The highest BCUT2D eigenvalue weighted by molar-refractivity contribution is 5.86. The molecule has 0 saturated carbocycles. The van der Waals surface area contributed by atoms with E-state index in [1.165, 1.54) is 4.90 Å². The number of carbonyl (C=O) groups is 2. The molecule has 106 valence electrons. The Morgan fingerprint density at radius 2 is 2.00 bits per heavy atom. The minimum atomic E-state index is -0.106. The average molecular weight is 273 g/mol. The number of carbonyl (C=O) groups excluding carboxylic acids is 2. The van der Waals surface area contributed by atoms with Crippen molar-refractivity contribution in [2.75, 3.05) is 20.6 Å². The summed E-state index contributed by atoms with van der Waals surface area (Å²) in [4.78, 5) is 27.7. The van der Waals surface area contributed by atoms with E-state index < -0.39 is 0 Å². The van der Waals surface area contributed by atoms with Gasteiger partial charge in [0, 0.05) is 37.6 Å². The van der Waals surface area contributed by atoms with Crippen molar-refractivity contribution >= 4 is 22.7 Å². The first-order valence-corrected chi connectivity index (χ1v) is 6.60. The van der Waals surface area contributed by atoms with E-state index in [9.17, 15) is 9.59 Å². The van der Waals surface area contributed by atoms with E-state index in [0.29, 0.717) is 12.8 Å². The van der Waals surface area contributed by atoms with Crippen LogP contribution in [-0.2, 0) is 16.0 Å². The van der Waals surface area contributed by atoms with Crippen molar-refractivity contribution in [1.82, 2.24) is 15.2 Å². The maximum absolute atomic E-state index is 11.7. The van der Waals surface area contributed by atoms with Crippen LogP contribution in [0.15, 0.2) is 30.5 Å². The number of benzene rings is 1. The van der Waals surface area contributed by atoms with Crippen molar-refractivity contribution in [3.05, 3.63) is 36.0 Å². The number of nitrogens with one attached hydrogen (secondary N) is 2. The van der Waals surface area contributed by atoms with Gasteiger partial charge in [0.25, 0.3) is 0 Å². The highest BCUT2D eigenvalue weighted by Gasteiger charge is 2.09. The van der Waals surface area contributed by atoms with Gasteiger partial charge in [0.1, 0.15) is 0 Å². The summed E-state index contributed by atoms with van der Waals surface area (Å²) in [7, 11) is 3.33. The Hall–Kier alpha value is -2.30. The molecule has 2 rings (SSSR count). The SMILES string of the molecule is CN(C)C(=O)CNC(=O)CCc1c[nH]c2ccccc12. The van der Waals surface area contributed by atoms with E-state index in [2.05, 4.69) is 10.3 Å². The van der Waals surface area contributed by atoms with Gasteiger partial charge in [-0.1, -0.05) is 18.2 Å². The third-order valence-electron chi connectivity index (χ3n) is 3.23. The third kappa shape index (κ3) is 3.38. The van der Waals surface area contributed by atoms with E-state index in [0.717, 1.165) is 16.5 Å². The molecule has 20 heavy (non-hydrogen) atoms. The average Bonchev–Trinajstić information content (AvgIpc) is 2.85. The van der Waals surface area contributed by atoms with Gasteiger partial charge in [-0.2, -0.15) is 0 Å². The zero-order valence-electron chi connectivity index (χ0n) is 11.8. The summed E-state index contributed by atoms with van der Waals surface area (Å²) in [6.45, 7) is 0.0553. The van der Waals surface area contributed by atoms with E-state index in [1.54, 1.807) is 14.1 Å². The first kappa shape index (κ1) is 14.1. The van der Waals surface area contributed by atoms with E-state index in [4.69, 9.17) is 0 Å². The fourth-order valence-corrected chi connectivity index (χ4v) is 2.01. The molecule has 5 heteroatoms. The molecule has 0 radical (unpaired) electrons. The highest BCUT2D eigenvalue weighted by Crippen LogP contribution is 2.18. The zero-order valence-corrected chi connectivity index (χ0v) is 11.8. The van der Waals surface area contributed by atoms with Crippen LogP contribution in [0.2, 0.25) is 0 Å². The number of hydrogen-bond donors (Lipinski definition) is 2. The molecule has 0 atom stereocenters. The van der Waals surface area contributed by atoms with Crippen molar-refractivity contribution < 1.29 is 9.59 Å². The predicted molar refractivity (Wildman–Crippen MR) is 78.3 cm³/mol. The molecule has 0 aliphatic heterocycles. The Labute approximate surface area is 118 Å². The van der Waals surface area contributed by atoms with Crippen LogP contribution in [-0.4, -0.2) is 42.3 Å².